The maximum Gasteiger partial charge on any atom is 0.105 e. The molecule has 0 aromatic carbocycles. The molecule has 0 amide bonds. The predicted molar refractivity (Wildman–Crippen MR) is 65.4 cm³/mol. The van der Waals surface area contributed by atoms with E-state index in [2.05, 4.69) is 17.9 Å². The van der Waals surface area contributed by atoms with Crippen LogP contribution in [0.15, 0.2) is 10.5 Å². The van der Waals surface area contributed by atoms with Crippen LogP contribution in [0.3, 0.4) is 0 Å². The minimum Gasteiger partial charge on any atom is -0.466 e. The van der Waals surface area contributed by atoms with E-state index in [-0.39, 0.29) is 0 Å². The normalized spacial score (nSPS) is 24.6. The SMILES string of the molecule is Cc1cc(C(C)N2CCCC(N)C2)c(C)o1. The highest BCUT2D eigenvalue weighted by Gasteiger charge is 2.24. The minimum absolute atomic E-state index is 0.338. The van der Waals surface area contributed by atoms with Gasteiger partial charge in [-0.2, -0.15) is 0 Å². The summed E-state index contributed by atoms with van der Waals surface area (Å²) >= 11 is 0. The van der Waals surface area contributed by atoms with Crippen molar-refractivity contribution >= 4 is 0 Å². The Hall–Kier alpha value is -0.800. The van der Waals surface area contributed by atoms with Crippen molar-refractivity contribution in [2.45, 2.75) is 45.7 Å². The van der Waals surface area contributed by atoms with Crippen LogP contribution in [0.1, 0.15) is 42.9 Å². The Kier molecular flexibility index (Phi) is 3.36. The Morgan fingerprint density at radius 1 is 1.50 bits per heavy atom. The fourth-order valence-electron chi connectivity index (χ4n) is 2.65. The maximum atomic E-state index is 6.02. The zero-order valence-electron chi connectivity index (χ0n) is 10.5. The average molecular weight is 222 g/mol. The van der Waals surface area contributed by atoms with Crippen molar-refractivity contribution in [2.75, 3.05) is 13.1 Å². The number of rotatable bonds is 2. The third kappa shape index (κ3) is 2.30. The molecule has 0 spiro atoms. The second-order valence-corrected chi connectivity index (χ2v) is 4.94. The summed E-state index contributed by atoms with van der Waals surface area (Å²) in [6.45, 7) is 8.45. The summed E-state index contributed by atoms with van der Waals surface area (Å²) in [5, 5.41) is 0. The van der Waals surface area contributed by atoms with Crippen LogP contribution in [0.2, 0.25) is 0 Å². The molecule has 0 aliphatic carbocycles. The molecule has 16 heavy (non-hydrogen) atoms. The number of likely N-dealkylation sites (tertiary alicyclic amines) is 1. The van der Waals surface area contributed by atoms with E-state index in [1.807, 2.05) is 13.8 Å². The van der Waals surface area contributed by atoms with E-state index >= 15 is 0 Å². The molecule has 1 aliphatic heterocycles. The van der Waals surface area contributed by atoms with Gasteiger partial charge in [-0.25, -0.2) is 0 Å². The lowest BCUT2D eigenvalue weighted by Crippen LogP contribution is -2.43. The first-order chi connectivity index (χ1) is 7.58. The Balaban J connectivity index is 2.11. The van der Waals surface area contributed by atoms with Crippen molar-refractivity contribution in [3.63, 3.8) is 0 Å². The van der Waals surface area contributed by atoms with Crippen molar-refractivity contribution in [1.82, 2.24) is 4.90 Å². The molecular weight excluding hydrogens is 200 g/mol. The summed E-state index contributed by atoms with van der Waals surface area (Å²) in [6.07, 6.45) is 2.37. The van der Waals surface area contributed by atoms with Crippen LogP contribution in [0.25, 0.3) is 0 Å². The zero-order chi connectivity index (χ0) is 11.7. The van der Waals surface area contributed by atoms with Crippen molar-refractivity contribution < 1.29 is 4.42 Å². The van der Waals surface area contributed by atoms with Crippen LogP contribution < -0.4 is 5.73 Å². The van der Waals surface area contributed by atoms with Gasteiger partial charge in [0, 0.05) is 24.2 Å². The molecule has 2 rings (SSSR count). The lowest BCUT2D eigenvalue weighted by atomic mass is 10.0. The summed E-state index contributed by atoms with van der Waals surface area (Å²) < 4.78 is 5.60. The van der Waals surface area contributed by atoms with E-state index in [4.69, 9.17) is 10.2 Å². The summed E-state index contributed by atoms with van der Waals surface area (Å²) in [7, 11) is 0. The highest BCUT2D eigenvalue weighted by molar-refractivity contribution is 5.23. The van der Waals surface area contributed by atoms with Gasteiger partial charge < -0.3 is 10.2 Å². The van der Waals surface area contributed by atoms with Gasteiger partial charge in [-0.15, -0.1) is 0 Å². The van der Waals surface area contributed by atoms with E-state index in [1.54, 1.807) is 0 Å². The van der Waals surface area contributed by atoms with Crippen LogP contribution in [0, 0.1) is 13.8 Å². The molecule has 1 fully saturated rings. The van der Waals surface area contributed by atoms with Crippen molar-refractivity contribution in [1.29, 1.82) is 0 Å². The molecule has 2 N–H and O–H groups in total. The van der Waals surface area contributed by atoms with Crippen LogP contribution in [0.5, 0.6) is 0 Å². The second-order valence-electron chi connectivity index (χ2n) is 4.94. The van der Waals surface area contributed by atoms with Crippen LogP contribution in [-0.2, 0) is 0 Å². The maximum absolute atomic E-state index is 6.02. The third-order valence-corrected chi connectivity index (χ3v) is 3.57. The summed E-state index contributed by atoms with van der Waals surface area (Å²) in [5.41, 5.74) is 7.33. The largest absolute Gasteiger partial charge is 0.466 e. The molecule has 0 bridgehead atoms. The lowest BCUT2D eigenvalue weighted by Gasteiger charge is -2.35. The Morgan fingerprint density at radius 2 is 2.25 bits per heavy atom. The van der Waals surface area contributed by atoms with Gasteiger partial charge >= 0.3 is 0 Å². The molecule has 1 saturated heterocycles. The molecule has 0 radical (unpaired) electrons. The van der Waals surface area contributed by atoms with E-state index < -0.39 is 0 Å². The first-order valence-electron chi connectivity index (χ1n) is 6.14. The number of nitrogens with two attached hydrogens (primary N) is 1. The van der Waals surface area contributed by atoms with Crippen LogP contribution in [0.4, 0.5) is 0 Å². The fraction of sp³-hybridized carbons (Fsp3) is 0.692. The Labute approximate surface area is 97.6 Å². The predicted octanol–water partition coefficient (Wildman–Crippen LogP) is 2.38. The molecule has 3 nitrogen and oxygen atoms in total. The van der Waals surface area contributed by atoms with E-state index in [1.165, 1.54) is 12.0 Å². The smallest absolute Gasteiger partial charge is 0.105 e. The fourth-order valence-corrected chi connectivity index (χ4v) is 2.65. The average Bonchev–Trinajstić information content (AvgIpc) is 2.57. The van der Waals surface area contributed by atoms with E-state index in [0.29, 0.717) is 12.1 Å². The molecule has 2 unspecified atom stereocenters. The zero-order valence-corrected chi connectivity index (χ0v) is 10.5. The number of hydrogen-bond acceptors (Lipinski definition) is 3. The van der Waals surface area contributed by atoms with Crippen LogP contribution >= 0.6 is 0 Å². The third-order valence-electron chi connectivity index (χ3n) is 3.57. The van der Waals surface area contributed by atoms with Gasteiger partial charge in [0.25, 0.3) is 0 Å². The van der Waals surface area contributed by atoms with Gasteiger partial charge in [0.1, 0.15) is 11.5 Å². The van der Waals surface area contributed by atoms with Gasteiger partial charge in [0.2, 0.25) is 0 Å². The first-order valence-corrected chi connectivity index (χ1v) is 6.14. The Morgan fingerprint density at radius 3 is 2.81 bits per heavy atom. The Bertz CT molecular complexity index is 359. The summed E-state index contributed by atoms with van der Waals surface area (Å²) in [6, 6.07) is 2.91. The number of nitrogens with zero attached hydrogens (tertiary/aromatic N) is 1. The van der Waals surface area contributed by atoms with Gasteiger partial charge in [-0.3, -0.25) is 4.90 Å². The van der Waals surface area contributed by atoms with Gasteiger partial charge in [-0.1, -0.05) is 0 Å². The molecule has 0 saturated carbocycles. The summed E-state index contributed by atoms with van der Waals surface area (Å²) in [5.74, 6) is 2.05. The highest BCUT2D eigenvalue weighted by atomic mass is 16.3. The molecule has 2 heterocycles. The molecule has 90 valence electrons. The van der Waals surface area contributed by atoms with Crippen molar-refractivity contribution in [2.24, 2.45) is 5.73 Å². The topological polar surface area (TPSA) is 42.4 Å². The van der Waals surface area contributed by atoms with Gasteiger partial charge in [0.05, 0.1) is 0 Å². The number of piperidine rings is 1. The van der Waals surface area contributed by atoms with Crippen molar-refractivity contribution in [3.05, 3.63) is 23.2 Å². The lowest BCUT2D eigenvalue weighted by molar-refractivity contribution is 0.158. The second kappa shape index (κ2) is 4.60. The molecule has 1 aromatic rings. The number of furan rings is 1. The molecule has 3 heteroatoms. The summed E-state index contributed by atoms with van der Waals surface area (Å²) in [4.78, 5) is 2.46. The molecule has 2 atom stereocenters. The quantitative estimate of drug-likeness (QED) is 0.835. The van der Waals surface area contributed by atoms with Crippen LogP contribution in [-0.4, -0.2) is 24.0 Å². The minimum atomic E-state index is 0.338. The highest BCUT2D eigenvalue weighted by Crippen LogP contribution is 2.28. The van der Waals surface area contributed by atoms with E-state index in [0.717, 1.165) is 31.0 Å². The van der Waals surface area contributed by atoms with Gasteiger partial charge in [0.15, 0.2) is 0 Å². The van der Waals surface area contributed by atoms with Gasteiger partial charge in [-0.05, 0) is 46.2 Å². The van der Waals surface area contributed by atoms with E-state index in [9.17, 15) is 0 Å². The molecular formula is C13H22N2O. The number of hydrogen-bond donors (Lipinski definition) is 1. The first kappa shape index (κ1) is 11.7. The standard InChI is InChI=1S/C13H22N2O/c1-9-7-13(11(3)16-9)10(2)15-6-4-5-12(14)8-15/h7,10,12H,4-6,8,14H2,1-3H3. The molecule has 1 aliphatic rings. The monoisotopic (exact) mass is 222 g/mol. The van der Waals surface area contributed by atoms with Crippen molar-refractivity contribution in [3.8, 4) is 0 Å². The molecule has 1 aromatic heterocycles. The number of aryl methyl sites for hydroxylation is 2.